The van der Waals surface area contributed by atoms with E-state index in [0.717, 1.165) is 19.4 Å². The van der Waals surface area contributed by atoms with Crippen molar-refractivity contribution in [1.29, 1.82) is 0 Å². The number of piperidine rings is 1. The van der Waals surface area contributed by atoms with Gasteiger partial charge >= 0.3 is 0 Å². The van der Waals surface area contributed by atoms with Crippen LogP contribution >= 0.6 is 0 Å². The summed E-state index contributed by atoms with van der Waals surface area (Å²) in [4.78, 5) is 23.3. The van der Waals surface area contributed by atoms with Crippen LogP contribution in [0, 0.1) is 5.92 Å². The standard InChI is InChI=1S/C11H19N5O2/c12-3-5-13-9(17)6-8-10-7(2-1-4-14-10)11(18)16-15-8/h7,10,14H,1-6,12H2,(H,13,17)(H,16,18). The van der Waals surface area contributed by atoms with Crippen molar-refractivity contribution in [3.05, 3.63) is 0 Å². The zero-order valence-corrected chi connectivity index (χ0v) is 10.2. The van der Waals surface area contributed by atoms with Crippen molar-refractivity contribution in [1.82, 2.24) is 16.1 Å². The molecule has 2 aliphatic rings. The van der Waals surface area contributed by atoms with Gasteiger partial charge in [0.25, 0.3) is 0 Å². The van der Waals surface area contributed by atoms with E-state index in [1.165, 1.54) is 0 Å². The van der Waals surface area contributed by atoms with Crippen molar-refractivity contribution in [2.45, 2.75) is 25.3 Å². The first-order valence-electron chi connectivity index (χ1n) is 6.29. The second-order valence-electron chi connectivity index (χ2n) is 4.58. The average Bonchev–Trinajstić information content (AvgIpc) is 2.40. The van der Waals surface area contributed by atoms with Crippen LogP contribution in [0.25, 0.3) is 0 Å². The Morgan fingerprint density at radius 2 is 2.39 bits per heavy atom. The number of rotatable bonds is 4. The summed E-state index contributed by atoms with van der Waals surface area (Å²) >= 11 is 0. The minimum Gasteiger partial charge on any atom is -0.355 e. The number of nitrogens with one attached hydrogen (secondary N) is 3. The van der Waals surface area contributed by atoms with Crippen LogP contribution in [0.1, 0.15) is 19.3 Å². The van der Waals surface area contributed by atoms with Gasteiger partial charge in [-0.3, -0.25) is 9.59 Å². The molecule has 5 N–H and O–H groups in total. The van der Waals surface area contributed by atoms with Gasteiger partial charge in [0, 0.05) is 13.1 Å². The van der Waals surface area contributed by atoms with E-state index >= 15 is 0 Å². The molecule has 0 aromatic heterocycles. The number of hydrogen-bond acceptors (Lipinski definition) is 5. The molecule has 0 radical (unpaired) electrons. The fourth-order valence-electron chi connectivity index (χ4n) is 2.39. The molecule has 1 saturated heterocycles. The van der Waals surface area contributed by atoms with E-state index < -0.39 is 0 Å². The SMILES string of the molecule is NCCNC(=O)CC1=NNC(=O)C2CCCNC12. The maximum atomic E-state index is 11.7. The zero-order valence-electron chi connectivity index (χ0n) is 10.2. The monoisotopic (exact) mass is 253 g/mol. The fourth-order valence-corrected chi connectivity index (χ4v) is 2.39. The van der Waals surface area contributed by atoms with Gasteiger partial charge in [-0.1, -0.05) is 0 Å². The molecule has 0 aromatic rings. The molecule has 7 heteroatoms. The average molecular weight is 253 g/mol. The molecule has 0 aliphatic carbocycles. The number of fused-ring (bicyclic) bond motifs is 1. The van der Waals surface area contributed by atoms with Gasteiger partial charge in [0.1, 0.15) is 0 Å². The number of amides is 2. The van der Waals surface area contributed by atoms with Gasteiger partial charge in [-0.2, -0.15) is 5.10 Å². The summed E-state index contributed by atoms with van der Waals surface area (Å²) in [6.45, 7) is 1.73. The van der Waals surface area contributed by atoms with Crippen molar-refractivity contribution in [2.24, 2.45) is 16.8 Å². The molecule has 1 fully saturated rings. The van der Waals surface area contributed by atoms with E-state index in [1.54, 1.807) is 0 Å². The number of nitrogens with zero attached hydrogens (tertiary/aromatic N) is 1. The molecule has 0 spiro atoms. The Bertz CT molecular complexity index is 368. The first-order valence-corrected chi connectivity index (χ1v) is 6.29. The first kappa shape index (κ1) is 13.0. The van der Waals surface area contributed by atoms with Gasteiger partial charge in [-0.05, 0) is 19.4 Å². The summed E-state index contributed by atoms with van der Waals surface area (Å²) in [7, 11) is 0. The van der Waals surface area contributed by atoms with Gasteiger partial charge in [0.15, 0.2) is 0 Å². The molecule has 2 rings (SSSR count). The Hall–Kier alpha value is -1.47. The second-order valence-corrected chi connectivity index (χ2v) is 4.58. The number of hydrogen-bond donors (Lipinski definition) is 4. The van der Waals surface area contributed by atoms with E-state index in [9.17, 15) is 9.59 Å². The van der Waals surface area contributed by atoms with Crippen LogP contribution in [0.3, 0.4) is 0 Å². The highest BCUT2D eigenvalue weighted by atomic mass is 16.2. The Morgan fingerprint density at radius 1 is 1.56 bits per heavy atom. The lowest BCUT2D eigenvalue weighted by atomic mass is 9.85. The summed E-state index contributed by atoms with van der Waals surface area (Å²) in [5, 5.41) is 9.97. The van der Waals surface area contributed by atoms with Crippen LogP contribution in [0.5, 0.6) is 0 Å². The highest BCUT2D eigenvalue weighted by molar-refractivity contribution is 6.07. The van der Waals surface area contributed by atoms with Crippen molar-refractivity contribution >= 4 is 17.5 Å². The smallest absolute Gasteiger partial charge is 0.245 e. The van der Waals surface area contributed by atoms with Gasteiger partial charge in [-0.15, -0.1) is 0 Å². The Morgan fingerprint density at radius 3 is 3.17 bits per heavy atom. The Labute approximate surface area is 106 Å². The molecule has 2 unspecified atom stereocenters. The van der Waals surface area contributed by atoms with E-state index in [-0.39, 0.29) is 30.2 Å². The van der Waals surface area contributed by atoms with E-state index in [2.05, 4.69) is 21.2 Å². The quantitative estimate of drug-likeness (QED) is 0.479. The summed E-state index contributed by atoms with van der Waals surface area (Å²) in [5.74, 6) is -0.270. The van der Waals surface area contributed by atoms with Crippen LogP contribution in [-0.2, 0) is 9.59 Å². The molecule has 7 nitrogen and oxygen atoms in total. The third-order valence-electron chi connectivity index (χ3n) is 3.27. The summed E-state index contributed by atoms with van der Waals surface area (Å²) < 4.78 is 0. The van der Waals surface area contributed by atoms with Crippen LogP contribution < -0.4 is 21.8 Å². The maximum absolute atomic E-state index is 11.7. The van der Waals surface area contributed by atoms with Crippen LogP contribution in [-0.4, -0.2) is 43.2 Å². The Kier molecular flexibility index (Phi) is 4.27. The lowest BCUT2D eigenvalue weighted by molar-refractivity contribution is -0.127. The molecule has 2 heterocycles. The highest BCUT2D eigenvalue weighted by Crippen LogP contribution is 2.21. The molecule has 2 amide bonds. The normalized spacial score (nSPS) is 26.9. The summed E-state index contributed by atoms with van der Waals surface area (Å²) in [6, 6.07) is -0.101. The molecular weight excluding hydrogens is 234 g/mol. The molecule has 18 heavy (non-hydrogen) atoms. The number of hydrazone groups is 1. The predicted molar refractivity (Wildman–Crippen MR) is 66.8 cm³/mol. The third-order valence-corrected chi connectivity index (χ3v) is 3.27. The molecular formula is C11H19N5O2. The number of carbonyl (C=O) groups is 2. The minimum atomic E-state index is -0.110. The van der Waals surface area contributed by atoms with Crippen molar-refractivity contribution in [3.8, 4) is 0 Å². The Balaban J connectivity index is 1.98. The summed E-state index contributed by atoms with van der Waals surface area (Å²) in [6.07, 6.45) is 2.02. The van der Waals surface area contributed by atoms with Crippen molar-refractivity contribution in [3.63, 3.8) is 0 Å². The van der Waals surface area contributed by atoms with Crippen molar-refractivity contribution < 1.29 is 9.59 Å². The molecule has 0 bridgehead atoms. The molecule has 2 aliphatic heterocycles. The lowest BCUT2D eigenvalue weighted by Crippen LogP contribution is -2.56. The van der Waals surface area contributed by atoms with Crippen LogP contribution in [0.15, 0.2) is 5.10 Å². The van der Waals surface area contributed by atoms with Crippen LogP contribution in [0.4, 0.5) is 0 Å². The minimum absolute atomic E-state index is 0.0571. The fraction of sp³-hybridized carbons (Fsp3) is 0.727. The largest absolute Gasteiger partial charge is 0.355 e. The van der Waals surface area contributed by atoms with Crippen molar-refractivity contribution in [2.75, 3.05) is 19.6 Å². The predicted octanol–water partition coefficient (Wildman–Crippen LogP) is -1.69. The number of nitrogens with two attached hydrogens (primary N) is 1. The van der Waals surface area contributed by atoms with Gasteiger partial charge in [0.05, 0.1) is 24.1 Å². The zero-order chi connectivity index (χ0) is 13.0. The van der Waals surface area contributed by atoms with Gasteiger partial charge < -0.3 is 16.4 Å². The number of carbonyl (C=O) groups excluding carboxylic acids is 2. The van der Waals surface area contributed by atoms with E-state index in [1.807, 2.05) is 0 Å². The molecule has 100 valence electrons. The first-order chi connectivity index (χ1) is 8.72. The highest BCUT2D eigenvalue weighted by Gasteiger charge is 2.37. The molecule has 0 saturated carbocycles. The third kappa shape index (κ3) is 2.85. The maximum Gasteiger partial charge on any atom is 0.245 e. The molecule has 0 aromatic carbocycles. The van der Waals surface area contributed by atoms with Gasteiger partial charge in [-0.25, -0.2) is 5.43 Å². The van der Waals surface area contributed by atoms with Crippen LogP contribution in [0.2, 0.25) is 0 Å². The van der Waals surface area contributed by atoms with E-state index in [4.69, 9.17) is 5.73 Å². The van der Waals surface area contributed by atoms with E-state index in [0.29, 0.717) is 18.8 Å². The van der Waals surface area contributed by atoms with Gasteiger partial charge in [0.2, 0.25) is 11.8 Å². The molecule has 2 atom stereocenters. The summed E-state index contributed by atoms with van der Waals surface area (Å²) in [5.41, 5.74) is 8.52. The second kappa shape index (κ2) is 5.92. The lowest BCUT2D eigenvalue weighted by Gasteiger charge is -2.34. The topological polar surface area (TPSA) is 109 Å².